The molecule has 4 heteroatoms. The van der Waals surface area contributed by atoms with Crippen LogP contribution in [0.1, 0.15) is 0 Å². The summed E-state index contributed by atoms with van der Waals surface area (Å²) in [5, 5.41) is 0. The number of primary amides is 2. The Balaban J connectivity index is 0. The summed E-state index contributed by atoms with van der Waals surface area (Å²) >= 11 is 0. The fourth-order valence-electron chi connectivity index (χ4n) is 0. The van der Waals surface area contributed by atoms with Crippen molar-refractivity contribution in [3.8, 4) is 0 Å². The average molecular weight is 141 g/mol. The zero-order valence-electron chi connectivity index (χ0n) is 2.47. The van der Waals surface area contributed by atoms with E-state index in [0.29, 0.717) is 0 Å². The van der Waals surface area contributed by atoms with E-state index < -0.39 is 6.03 Å². The van der Waals surface area contributed by atoms with Crippen LogP contribution >= 0.6 is 17.0 Å². The summed E-state index contributed by atoms with van der Waals surface area (Å²) in [6.45, 7) is 0. The van der Waals surface area contributed by atoms with E-state index >= 15 is 0 Å². The van der Waals surface area contributed by atoms with Gasteiger partial charge in [0.1, 0.15) is 0 Å². The molecule has 0 aliphatic heterocycles. The highest BCUT2D eigenvalue weighted by Gasteiger charge is 1.60. The summed E-state index contributed by atoms with van der Waals surface area (Å²) in [4.78, 5) is 9.00. The average Bonchev–Trinajstić information content (AvgIpc) is 0.811. The molecule has 0 aliphatic carbocycles. The van der Waals surface area contributed by atoms with Gasteiger partial charge in [0.05, 0.1) is 0 Å². The van der Waals surface area contributed by atoms with Crippen molar-refractivity contribution in [2.75, 3.05) is 0 Å². The molecule has 0 aromatic rings. The summed E-state index contributed by atoms with van der Waals surface area (Å²) in [5.41, 5.74) is 8.50. The third-order valence-corrected chi connectivity index (χ3v) is 0. The molecule has 0 aromatic carbocycles. The van der Waals surface area contributed by atoms with E-state index in [2.05, 4.69) is 11.5 Å². The van der Waals surface area contributed by atoms with E-state index in [4.69, 9.17) is 4.79 Å². The Morgan fingerprint density at radius 2 is 1.40 bits per heavy atom. The molecular formula is CH5BrN2O. The number of nitrogens with two attached hydrogens (primary N) is 2. The molecule has 2 amide bonds. The van der Waals surface area contributed by atoms with Crippen LogP contribution in [0.15, 0.2) is 0 Å². The fraction of sp³-hybridized carbons (Fsp3) is 0. The SMILES string of the molecule is Br.NC(N)=O. The Hall–Kier alpha value is -0.250. The molecule has 0 radical (unpaired) electrons. The number of rotatable bonds is 0. The van der Waals surface area contributed by atoms with Crippen LogP contribution in [0.4, 0.5) is 4.79 Å². The molecule has 32 valence electrons. The van der Waals surface area contributed by atoms with Gasteiger partial charge in [0.2, 0.25) is 0 Å². The molecule has 3 nitrogen and oxygen atoms in total. The van der Waals surface area contributed by atoms with E-state index in [0.717, 1.165) is 0 Å². The molecule has 0 rings (SSSR count). The van der Waals surface area contributed by atoms with Crippen molar-refractivity contribution >= 4 is 23.0 Å². The Morgan fingerprint density at radius 1 is 1.40 bits per heavy atom. The maximum absolute atomic E-state index is 9.00. The van der Waals surface area contributed by atoms with Gasteiger partial charge in [-0.2, -0.15) is 0 Å². The first-order valence-corrected chi connectivity index (χ1v) is 0.781. The lowest BCUT2D eigenvalue weighted by Gasteiger charge is -1.62. The summed E-state index contributed by atoms with van der Waals surface area (Å²) in [6, 6.07) is -0.833. The second kappa shape index (κ2) is 3.75. The van der Waals surface area contributed by atoms with Crippen LogP contribution in [0.3, 0.4) is 0 Å². The van der Waals surface area contributed by atoms with Gasteiger partial charge in [-0.25, -0.2) is 4.79 Å². The Kier molecular flexibility index (Phi) is 6.62. The lowest BCUT2D eigenvalue weighted by Crippen LogP contribution is -2.18. The number of hydrogen-bond donors (Lipinski definition) is 2. The predicted octanol–water partition coefficient (Wildman–Crippen LogP) is -0.398. The first-order valence-electron chi connectivity index (χ1n) is 0.781. The lowest BCUT2D eigenvalue weighted by atomic mass is 11.2. The van der Waals surface area contributed by atoms with E-state index in [1.807, 2.05) is 0 Å². The minimum absolute atomic E-state index is 0. The van der Waals surface area contributed by atoms with E-state index in [1.54, 1.807) is 0 Å². The van der Waals surface area contributed by atoms with Crippen molar-refractivity contribution in [2.24, 2.45) is 11.5 Å². The minimum atomic E-state index is -0.833. The molecule has 0 atom stereocenters. The molecule has 0 fully saturated rings. The topological polar surface area (TPSA) is 69.1 Å². The highest BCUT2D eigenvalue weighted by molar-refractivity contribution is 8.93. The number of amides is 2. The number of hydrogen-bond acceptors (Lipinski definition) is 1. The summed E-state index contributed by atoms with van der Waals surface area (Å²) in [6.07, 6.45) is 0. The molecule has 0 saturated heterocycles. The maximum atomic E-state index is 9.00. The monoisotopic (exact) mass is 140 g/mol. The van der Waals surface area contributed by atoms with Crippen LogP contribution in [0.2, 0.25) is 0 Å². The smallest absolute Gasteiger partial charge is 0.309 e. The number of carbonyl (C=O) groups excluding carboxylic acids is 1. The van der Waals surface area contributed by atoms with Crippen LogP contribution in [0, 0.1) is 0 Å². The van der Waals surface area contributed by atoms with E-state index in [9.17, 15) is 0 Å². The van der Waals surface area contributed by atoms with Crippen molar-refractivity contribution in [3.63, 3.8) is 0 Å². The van der Waals surface area contributed by atoms with E-state index in [-0.39, 0.29) is 17.0 Å². The maximum Gasteiger partial charge on any atom is 0.309 e. The van der Waals surface area contributed by atoms with Crippen molar-refractivity contribution in [2.45, 2.75) is 0 Å². The summed E-state index contributed by atoms with van der Waals surface area (Å²) in [5.74, 6) is 0. The first-order chi connectivity index (χ1) is 1.73. The molecule has 0 heterocycles. The molecule has 0 saturated carbocycles. The molecule has 0 bridgehead atoms. The Bertz CT molecular complexity index is 32.6. The normalized spacial score (nSPS) is 4.80. The first kappa shape index (κ1) is 8.83. The van der Waals surface area contributed by atoms with Crippen LogP contribution < -0.4 is 11.5 Å². The second-order valence-corrected chi connectivity index (χ2v) is 0.402. The largest absolute Gasteiger partial charge is 0.352 e. The molecule has 0 aromatic heterocycles. The zero-order chi connectivity index (χ0) is 3.58. The van der Waals surface area contributed by atoms with Crippen molar-refractivity contribution in [1.29, 1.82) is 0 Å². The number of halogens is 1. The van der Waals surface area contributed by atoms with Crippen LogP contribution in [0.5, 0.6) is 0 Å². The van der Waals surface area contributed by atoms with Gasteiger partial charge in [-0.3, -0.25) is 0 Å². The minimum Gasteiger partial charge on any atom is -0.352 e. The van der Waals surface area contributed by atoms with E-state index in [1.165, 1.54) is 0 Å². The van der Waals surface area contributed by atoms with Gasteiger partial charge in [0, 0.05) is 0 Å². The number of carbonyl (C=O) groups is 1. The van der Waals surface area contributed by atoms with Gasteiger partial charge in [0.15, 0.2) is 0 Å². The van der Waals surface area contributed by atoms with Crippen LogP contribution in [-0.2, 0) is 0 Å². The van der Waals surface area contributed by atoms with Gasteiger partial charge in [0.25, 0.3) is 0 Å². The molecule has 0 unspecified atom stereocenters. The van der Waals surface area contributed by atoms with Gasteiger partial charge in [-0.1, -0.05) is 0 Å². The summed E-state index contributed by atoms with van der Waals surface area (Å²) in [7, 11) is 0. The van der Waals surface area contributed by atoms with Gasteiger partial charge >= 0.3 is 6.03 Å². The fourth-order valence-corrected chi connectivity index (χ4v) is 0. The summed E-state index contributed by atoms with van der Waals surface area (Å²) < 4.78 is 0. The molecular weight excluding hydrogens is 136 g/mol. The molecule has 0 aliphatic rings. The number of urea groups is 1. The quantitative estimate of drug-likeness (QED) is 0.473. The zero-order valence-corrected chi connectivity index (χ0v) is 4.18. The van der Waals surface area contributed by atoms with Crippen molar-refractivity contribution in [1.82, 2.24) is 0 Å². The highest BCUT2D eigenvalue weighted by atomic mass is 79.9. The third-order valence-electron chi connectivity index (χ3n) is 0. The predicted molar refractivity (Wildman–Crippen MR) is 24.1 cm³/mol. The molecule has 5 heavy (non-hydrogen) atoms. The standard InChI is InChI=1S/CH4N2O.BrH/c2-1(3)4;/h(H4,2,3,4);1H. The van der Waals surface area contributed by atoms with Gasteiger partial charge in [-0.05, 0) is 0 Å². The van der Waals surface area contributed by atoms with Crippen LogP contribution in [-0.4, -0.2) is 6.03 Å². The Morgan fingerprint density at radius 3 is 1.40 bits per heavy atom. The second-order valence-electron chi connectivity index (χ2n) is 0.402. The van der Waals surface area contributed by atoms with Crippen molar-refractivity contribution in [3.05, 3.63) is 0 Å². The molecule has 4 N–H and O–H groups in total. The van der Waals surface area contributed by atoms with Crippen molar-refractivity contribution < 1.29 is 4.79 Å². The lowest BCUT2D eigenvalue weighted by molar-refractivity contribution is 0.256. The van der Waals surface area contributed by atoms with Gasteiger partial charge < -0.3 is 11.5 Å². The molecule has 0 spiro atoms. The highest BCUT2D eigenvalue weighted by Crippen LogP contribution is 1.25. The third kappa shape index (κ3) is 184. The van der Waals surface area contributed by atoms with Crippen LogP contribution in [0.25, 0.3) is 0 Å². The Labute approximate surface area is 40.1 Å². The van der Waals surface area contributed by atoms with Gasteiger partial charge in [-0.15, -0.1) is 17.0 Å².